The lowest BCUT2D eigenvalue weighted by molar-refractivity contribution is 0.0697. The topological polar surface area (TPSA) is 63.3 Å². The molecule has 0 saturated carbocycles. The molecule has 4 heteroatoms. The Bertz CT molecular complexity index is 739. The van der Waals surface area contributed by atoms with Crippen LogP contribution in [0.4, 0.5) is 0 Å². The maximum absolute atomic E-state index is 10.9. The number of hydrogen-bond donors (Lipinski definition) is 1. The second-order valence-corrected chi connectivity index (χ2v) is 6.18. The second-order valence-electron chi connectivity index (χ2n) is 6.18. The fourth-order valence-corrected chi connectivity index (χ4v) is 2.50. The van der Waals surface area contributed by atoms with Gasteiger partial charge in [-0.05, 0) is 37.1 Å². The summed E-state index contributed by atoms with van der Waals surface area (Å²) in [5, 5.41) is 13.0. The molecule has 0 spiro atoms. The van der Waals surface area contributed by atoms with Gasteiger partial charge in [0.1, 0.15) is 11.5 Å². The number of aromatic nitrogens is 1. The number of unbranched alkanes of at least 4 members (excludes halogenated alkanes) is 3. The molecule has 0 bridgehead atoms. The molecule has 25 heavy (non-hydrogen) atoms. The number of rotatable bonds is 9. The highest BCUT2D eigenvalue weighted by molar-refractivity contribution is 5.87. The van der Waals surface area contributed by atoms with Gasteiger partial charge in [-0.1, -0.05) is 61.2 Å². The third kappa shape index (κ3) is 6.42. The summed E-state index contributed by atoms with van der Waals surface area (Å²) in [7, 11) is 0. The first kappa shape index (κ1) is 18.7. The maximum atomic E-state index is 10.9. The zero-order chi connectivity index (χ0) is 18.1. The molecular formula is C21H25NO3. The van der Waals surface area contributed by atoms with Gasteiger partial charge in [0.05, 0.1) is 5.56 Å². The number of benzene rings is 1. The lowest BCUT2D eigenvalue weighted by Gasteiger charge is -1.97. The summed E-state index contributed by atoms with van der Waals surface area (Å²) in [6, 6.07) is 8.79. The van der Waals surface area contributed by atoms with Crippen molar-refractivity contribution in [2.45, 2.75) is 46.0 Å². The van der Waals surface area contributed by atoms with Crippen LogP contribution in [0.1, 0.15) is 66.9 Å². The van der Waals surface area contributed by atoms with Crippen LogP contribution >= 0.6 is 0 Å². The number of aryl methyl sites for hydroxylation is 1. The number of carboxylic acid groups (broad SMARTS) is 1. The van der Waals surface area contributed by atoms with Crippen molar-refractivity contribution in [2.75, 3.05) is 0 Å². The van der Waals surface area contributed by atoms with Crippen molar-refractivity contribution in [3.63, 3.8) is 0 Å². The smallest absolute Gasteiger partial charge is 0.335 e. The average Bonchev–Trinajstić information content (AvgIpc) is 3.05. The fraction of sp³-hybridized carbons (Fsp3) is 0.333. The summed E-state index contributed by atoms with van der Waals surface area (Å²) in [5.41, 5.74) is 3.12. The Balaban J connectivity index is 1.91. The summed E-state index contributed by atoms with van der Waals surface area (Å²) >= 11 is 0. The Labute approximate surface area is 148 Å². The van der Waals surface area contributed by atoms with E-state index in [1.165, 1.54) is 19.3 Å². The van der Waals surface area contributed by atoms with Crippen LogP contribution in [0.5, 0.6) is 0 Å². The van der Waals surface area contributed by atoms with Crippen LogP contribution in [-0.2, 0) is 6.42 Å². The first-order valence-electron chi connectivity index (χ1n) is 8.74. The summed E-state index contributed by atoms with van der Waals surface area (Å²) in [5.74, 6) is 0.0188. The maximum Gasteiger partial charge on any atom is 0.335 e. The molecule has 0 aliphatic rings. The van der Waals surface area contributed by atoms with Crippen LogP contribution < -0.4 is 0 Å². The van der Waals surface area contributed by atoms with Gasteiger partial charge in [0.25, 0.3) is 0 Å². The van der Waals surface area contributed by atoms with Crippen LogP contribution in [0.2, 0.25) is 0 Å². The molecule has 0 saturated heterocycles. The second kappa shape index (κ2) is 9.62. The Morgan fingerprint density at radius 2 is 1.96 bits per heavy atom. The molecule has 0 aliphatic carbocycles. The van der Waals surface area contributed by atoms with E-state index in [0.29, 0.717) is 5.56 Å². The van der Waals surface area contributed by atoms with E-state index in [-0.39, 0.29) is 0 Å². The summed E-state index contributed by atoms with van der Waals surface area (Å²) < 4.78 is 5.35. The number of carboxylic acids is 1. The minimum absolute atomic E-state index is 0.291. The van der Waals surface area contributed by atoms with Gasteiger partial charge in [-0.25, -0.2) is 4.79 Å². The molecule has 0 atom stereocenters. The first-order chi connectivity index (χ1) is 12.1. The molecular weight excluding hydrogens is 314 g/mol. The number of allylic oxidation sites excluding steroid dienone is 2. The molecule has 4 nitrogen and oxygen atoms in total. The van der Waals surface area contributed by atoms with E-state index >= 15 is 0 Å². The highest BCUT2D eigenvalue weighted by Gasteiger charge is 2.02. The molecule has 1 aromatic carbocycles. The summed E-state index contributed by atoms with van der Waals surface area (Å²) in [4.78, 5) is 10.9. The zero-order valence-corrected chi connectivity index (χ0v) is 14.9. The largest absolute Gasteiger partial charge is 0.478 e. The third-order valence-electron chi connectivity index (χ3n) is 3.92. The SMILES string of the molecule is CCCCCCc1cc(/C=C/C(C)=C/c2ccc(C(=O)O)cc2)no1. The summed E-state index contributed by atoms with van der Waals surface area (Å²) in [6.45, 7) is 4.20. The quantitative estimate of drug-likeness (QED) is 0.476. The fourth-order valence-electron chi connectivity index (χ4n) is 2.50. The molecule has 2 rings (SSSR count). The summed E-state index contributed by atoms with van der Waals surface area (Å²) in [6.07, 6.45) is 11.7. The van der Waals surface area contributed by atoms with Gasteiger partial charge in [0.2, 0.25) is 0 Å². The van der Waals surface area contributed by atoms with Crippen LogP contribution in [-0.4, -0.2) is 16.2 Å². The predicted molar refractivity (Wildman–Crippen MR) is 100 cm³/mol. The molecule has 0 amide bonds. The van der Waals surface area contributed by atoms with Crippen molar-refractivity contribution in [3.05, 3.63) is 64.6 Å². The zero-order valence-electron chi connectivity index (χ0n) is 14.9. The van der Waals surface area contributed by atoms with Gasteiger partial charge in [-0.15, -0.1) is 0 Å². The van der Waals surface area contributed by atoms with E-state index in [9.17, 15) is 4.79 Å². The van der Waals surface area contributed by atoms with Crippen molar-refractivity contribution in [3.8, 4) is 0 Å². The van der Waals surface area contributed by atoms with Gasteiger partial charge in [-0.3, -0.25) is 0 Å². The Morgan fingerprint density at radius 3 is 2.64 bits per heavy atom. The molecule has 1 N–H and O–H groups in total. The molecule has 2 aromatic rings. The van der Waals surface area contributed by atoms with Crippen molar-refractivity contribution in [1.29, 1.82) is 0 Å². The number of carbonyl (C=O) groups is 1. The molecule has 0 radical (unpaired) electrons. The number of aromatic carboxylic acids is 1. The van der Waals surface area contributed by atoms with Gasteiger partial charge < -0.3 is 9.63 Å². The van der Waals surface area contributed by atoms with Crippen LogP contribution in [0, 0.1) is 0 Å². The number of hydrogen-bond acceptors (Lipinski definition) is 3. The normalized spacial score (nSPS) is 12.0. The van der Waals surface area contributed by atoms with E-state index in [1.807, 2.05) is 31.2 Å². The lowest BCUT2D eigenvalue weighted by Crippen LogP contribution is -1.94. The minimum Gasteiger partial charge on any atom is -0.478 e. The third-order valence-corrected chi connectivity index (χ3v) is 3.92. The van der Waals surface area contributed by atoms with Crippen molar-refractivity contribution < 1.29 is 14.4 Å². The van der Waals surface area contributed by atoms with Crippen LogP contribution in [0.15, 0.2) is 46.5 Å². The van der Waals surface area contributed by atoms with Gasteiger partial charge in [-0.2, -0.15) is 0 Å². The Morgan fingerprint density at radius 1 is 1.20 bits per heavy atom. The van der Waals surface area contributed by atoms with Crippen molar-refractivity contribution >= 4 is 18.1 Å². The Hall–Kier alpha value is -2.62. The van der Waals surface area contributed by atoms with Gasteiger partial charge in [0, 0.05) is 12.5 Å². The molecule has 0 fully saturated rings. The molecule has 1 aromatic heterocycles. The Kier molecular flexibility index (Phi) is 7.20. The average molecular weight is 339 g/mol. The van der Waals surface area contributed by atoms with Gasteiger partial charge in [0.15, 0.2) is 0 Å². The van der Waals surface area contributed by atoms with Crippen LogP contribution in [0.25, 0.3) is 12.2 Å². The minimum atomic E-state index is -0.913. The highest BCUT2D eigenvalue weighted by Crippen LogP contribution is 2.13. The molecule has 1 heterocycles. The van der Waals surface area contributed by atoms with Crippen molar-refractivity contribution in [1.82, 2.24) is 5.16 Å². The van der Waals surface area contributed by atoms with E-state index in [4.69, 9.17) is 9.63 Å². The van der Waals surface area contributed by atoms with Crippen LogP contribution in [0.3, 0.4) is 0 Å². The molecule has 132 valence electrons. The van der Waals surface area contributed by atoms with Crippen molar-refractivity contribution in [2.24, 2.45) is 0 Å². The van der Waals surface area contributed by atoms with E-state index in [1.54, 1.807) is 24.3 Å². The van der Waals surface area contributed by atoms with E-state index < -0.39 is 5.97 Å². The van der Waals surface area contributed by atoms with E-state index in [0.717, 1.165) is 35.4 Å². The van der Waals surface area contributed by atoms with E-state index in [2.05, 4.69) is 12.1 Å². The van der Waals surface area contributed by atoms with Gasteiger partial charge >= 0.3 is 5.97 Å². The predicted octanol–water partition coefficient (Wildman–Crippen LogP) is 5.61. The molecule has 0 unspecified atom stereocenters. The molecule has 0 aliphatic heterocycles. The standard InChI is InChI=1S/C21H25NO3/c1-3-4-5-6-7-20-15-19(22-25-20)13-8-16(2)14-17-9-11-18(12-10-17)21(23)24/h8-15H,3-7H2,1-2H3,(H,23,24)/b13-8+,16-14+. The first-order valence-corrected chi connectivity index (χ1v) is 8.74. The lowest BCUT2D eigenvalue weighted by atomic mass is 10.1. The highest BCUT2D eigenvalue weighted by atomic mass is 16.5. The number of nitrogens with zero attached hydrogens (tertiary/aromatic N) is 1. The monoisotopic (exact) mass is 339 g/mol.